The quantitative estimate of drug-likeness (QED) is 0.729. The van der Waals surface area contributed by atoms with E-state index in [0.717, 1.165) is 30.9 Å². The molecule has 1 amide bonds. The number of amides is 1. The van der Waals surface area contributed by atoms with Crippen LogP contribution in [0.5, 0.6) is 0 Å². The third-order valence-corrected chi connectivity index (χ3v) is 3.45. The van der Waals surface area contributed by atoms with Gasteiger partial charge in [0.2, 0.25) is 5.91 Å². The average Bonchev–Trinajstić information content (AvgIpc) is 2.69. The first-order chi connectivity index (χ1) is 6.77. The van der Waals surface area contributed by atoms with E-state index in [1.807, 2.05) is 0 Å². The Hall–Kier alpha value is -0.220. The minimum absolute atomic E-state index is 0.0332. The molecule has 1 fully saturated rings. The van der Waals surface area contributed by atoms with E-state index in [-0.39, 0.29) is 11.9 Å². The Morgan fingerprint density at radius 2 is 2.43 bits per heavy atom. The number of carbonyl (C=O) groups is 1. The van der Waals surface area contributed by atoms with Crippen LogP contribution in [0.3, 0.4) is 0 Å². The normalized spacial score (nSPS) is 23.4. The topological polar surface area (TPSA) is 41.1 Å². The summed E-state index contributed by atoms with van der Waals surface area (Å²) in [6.45, 7) is 4.27. The summed E-state index contributed by atoms with van der Waals surface area (Å²) in [5.41, 5.74) is 0. The van der Waals surface area contributed by atoms with Crippen molar-refractivity contribution in [2.45, 2.75) is 45.2 Å². The molecule has 0 aromatic carbocycles. The molecule has 82 valence electrons. The van der Waals surface area contributed by atoms with Gasteiger partial charge in [0.15, 0.2) is 0 Å². The van der Waals surface area contributed by atoms with Crippen molar-refractivity contribution in [3.63, 3.8) is 0 Å². The van der Waals surface area contributed by atoms with E-state index in [1.165, 1.54) is 0 Å². The van der Waals surface area contributed by atoms with Crippen LogP contribution in [0.2, 0.25) is 0 Å². The molecule has 1 rings (SSSR count). The summed E-state index contributed by atoms with van der Waals surface area (Å²) in [7, 11) is 0. The SMILES string of the molecule is CCCC(CC)NC(=O)C1CSCN1. The molecular formula is C10H20N2OS. The predicted octanol–water partition coefficient (Wildman–Crippen LogP) is 1.34. The van der Waals surface area contributed by atoms with Crippen LogP contribution in [-0.2, 0) is 4.79 Å². The van der Waals surface area contributed by atoms with Crippen molar-refractivity contribution in [2.24, 2.45) is 0 Å². The Bertz CT molecular complexity index is 181. The van der Waals surface area contributed by atoms with E-state index < -0.39 is 0 Å². The first-order valence-electron chi connectivity index (χ1n) is 5.39. The summed E-state index contributed by atoms with van der Waals surface area (Å²) >= 11 is 1.79. The monoisotopic (exact) mass is 216 g/mol. The van der Waals surface area contributed by atoms with Gasteiger partial charge in [-0.1, -0.05) is 20.3 Å². The maximum atomic E-state index is 11.7. The van der Waals surface area contributed by atoms with Crippen LogP contribution in [-0.4, -0.2) is 29.6 Å². The fraction of sp³-hybridized carbons (Fsp3) is 0.900. The second-order valence-electron chi connectivity index (χ2n) is 3.67. The van der Waals surface area contributed by atoms with Gasteiger partial charge in [-0.25, -0.2) is 0 Å². The molecule has 1 heterocycles. The molecule has 1 aliphatic rings. The summed E-state index contributed by atoms with van der Waals surface area (Å²) in [4.78, 5) is 11.7. The van der Waals surface area contributed by atoms with E-state index in [0.29, 0.717) is 6.04 Å². The lowest BCUT2D eigenvalue weighted by molar-refractivity contribution is -0.123. The van der Waals surface area contributed by atoms with Crippen LogP contribution < -0.4 is 10.6 Å². The van der Waals surface area contributed by atoms with Crippen LogP contribution in [0.25, 0.3) is 0 Å². The van der Waals surface area contributed by atoms with Gasteiger partial charge in [0.1, 0.15) is 0 Å². The third-order valence-electron chi connectivity index (χ3n) is 2.51. The van der Waals surface area contributed by atoms with Gasteiger partial charge in [-0.3, -0.25) is 10.1 Å². The maximum Gasteiger partial charge on any atom is 0.238 e. The molecule has 0 spiro atoms. The Morgan fingerprint density at radius 1 is 1.64 bits per heavy atom. The highest BCUT2D eigenvalue weighted by Crippen LogP contribution is 2.10. The zero-order chi connectivity index (χ0) is 10.4. The molecule has 0 bridgehead atoms. The zero-order valence-corrected chi connectivity index (χ0v) is 9.82. The summed E-state index contributed by atoms with van der Waals surface area (Å²) < 4.78 is 0. The Balaban J connectivity index is 2.29. The molecule has 0 radical (unpaired) electrons. The molecule has 2 N–H and O–H groups in total. The van der Waals surface area contributed by atoms with Gasteiger partial charge in [0, 0.05) is 17.7 Å². The molecule has 3 nitrogen and oxygen atoms in total. The first-order valence-corrected chi connectivity index (χ1v) is 6.54. The highest BCUT2D eigenvalue weighted by molar-refractivity contribution is 7.99. The summed E-state index contributed by atoms with van der Waals surface area (Å²) in [6.07, 6.45) is 3.24. The van der Waals surface area contributed by atoms with Gasteiger partial charge in [0.05, 0.1) is 6.04 Å². The number of rotatable bonds is 5. The van der Waals surface area contributed by atoms with Gasteiger partial charge in [0.25, 0.3) is 0 Å². The van der Waals surface area contributed by atoms with Crippen molar-refractivity contribution in [1.82, 2.24) is 10.6 Å². The van der Waals surface area contributed by atoms with Crippen molar-refractivity contribution in [3.8, 4) is 0 Å². The summed E-state index contributed by atoms with van der Waals surface area (Å²) in [5, 5.41) is 6.27. The van der Waals surface area contributed by atoms with Crippen molar-refractivity contribution in [1.29, 1.82) is 0 Å². The highest BCUT2D eigenvalue weighted by Gasteiger charge is 2.23. The van der Waals surface area contributed by atoms with Crippen LogP contribution in [0, 0.1) is 0 Å². The van der Waals surface area contributed by atoms with E-state index in [2.05, 4.69) is 24.5 Å². The van der Waals surface area contributed by atoms with E-state index in [4.69, 9.17) is 0 Å². The minimum Gasteiger partial charge on any atom is -0.352 e. The van der Waals surface area contributed by atoms with E-state index in [9.17, 15) is 4.79 Å². The third kappa shape index (κ3) is 3.50. The zero-order valence-electron chi connectivity index (χ0n) is 9.01. The number of hydrogen-bond acceptors (Lipinski definition) is 3. The fourth-order valence-electron chi connectivity index (χ4n) is 1.59. The molecule has 1 aliphatic heterocycles. The van der Waals surface area contributed by atoms with Gasteiger partial charge in [-0.15, -0.1) is 11.8 Å². The first kappa shape index (κ1) is 11.9. The molecule has 1 saturated heterocycles. The number of carbonyl (C=O) groups excluding carboxylic acids is 1. The van der Waals surface area contributed by atoms with Gasteiger partial charge >= 0.3 is 0 Å². The molecule has 2 atom stereocenters. The molecule has 0 aromatic rings. The molecule has 0 saturated carbocycles. The summed E-state index contributed by atoms with van der Waals surface area (Å²) in [6, 6.07) is 0.394. The molecule has 0 aliphatic carbocycles. The lowest BCUT2D eigenvalue weighted by atomic mass is 10.1. The Labute approximate surface area is 90.4 Å². The Morgan fingerprint density at radius 3 is 2.93 bits per heavy atom. The van der Waals surface area contributed by atoms with Gasteiger partial charge < -0.3 is 5.32 Å². The van der Waals surface area contributed by atoms with Crippen LogP contribution in [0.15, 0.2) is 0 Å². The standard InChI is InChI=1S/C10H20N2OS/c1-3-5-8(4-2)12-10(13)9-6-14-7-11-9/h8-9,11H,3-7H2,1-2H3,(H,12,13). The average molecular weight is 216 g/mol. The van der Waals surface area contributed by atoms with Crippen molar-refractivity contribution >= 4 is 17.7 Å². The second kappa shape index (κ2) is 6.30. The second-order valence-corrected chi connectivity index (χ2v) is 4.70. The molecule has 2 unspecified atom stereocenters. The maximum absolute atomic E-state index is 11.7. The molecule has 14 heavy (non-hydrogen) atoms. The van der Waals surface area contributed by atoms with E-state index in [1.54, 1.807) is 11.8 Å². The Kier molecular flexibility index (Phi) is 5.33. The van der Waals surface area contributed by atoms with E-state index >= 15 is 0 Å². The van der Waals surface area contributed by atoms with Crippen molar-refractivity contribution < 1.29 is 4.79 Å². The van der Waals surface area contributed by atoms with Crippen molar-refractivity contribution in [3.05, 3.63) is 0 Å². The van der Waals surface area contributed by atoms with Crippen LogP contribution in [0.1, 0.15) is 33.1 Å². The highest BCUT2D eigenvalue weighted by atomic mass is 32.2. The predicted molar refractivity (Wildman–Crippen MR) is 61.4 cm³/mol. The molecular weight excluding hydrogens is 196 g/mol. The molecule has 0 aromatic heterocycles. The lowest BCUT2D eigenvalue weighted by Crippen LogP contribution is -2.46. The van der Waals surface area contributed by atoms with Crippen LogP contribution >= 0.6 is 11.8 Å². The smallest absolute Gasteiger partial charge is 0.238 e. The number of hydrogen-bond donors (Lipinski definition) is 2. The minimum atomic E-state index is 0.0332. The molecule has 4 heteroatoms. The fourth-order valence-corrected chi connectivity index (χ4v) is 2.53. The van der Waals surface area contributed by atoms with Gasteiger partial charge in [-0.05, 0) is 12.8 Å². The summed E-state index contributed by atoms with van der Waals surface area (Å²) in [5.74, 6) is 1.99. The van der Waals surface area contributed by atoms with Gasteiger partial charge in [-0.2, -0.15) is 0 Å². The lowest BCUT2D eigenvalue weighted by Gasteiger charge is -2.18. The van der Waals surface area contributed by atoms with Crippen LogP contribution in [0.4, 0.5) is 0 Å². The number of thioether (sulfide) groups is 1. The largest absolute Gasteiger partial charge is 0.352 e. The number of nitrogens with one attached hydrogen (secondary N) is 2. The van der Waals surface area contributed by atoms with Crippen molar-refractivity contribution in [2.75, 3.05) is 11.6 Å².